The Labute approximate surface area is 130 Å². The fraction of sp³-hybridized carbons (Fsp3) is 0.389. The number of rotatable bonds is 5. The molecule has 0 N–H and O–H groups in total. The normalized spacial score (nSPS) is 16.6. The SMILES string of the molecule is Fc1cccc(OC2CCN(CCc3ccccn3)CC2)c1. The molecule has 1 saturated heterocycles. The number of pyridine rings is 1. The number of ether oxygens (including phenoxy) is 1. The Balaban J connectivity index is 1.42. The Bertz CT molecular complexity index is 583. The lowest BCUT2D eigenvalue weighted by molar-refractivity contribution is 0.101. The van der Waals surface area contributed by atoms with Crippen molar-refractivity contribution in [2.45, 2.75) is 25.4 Å². The lowest BCUT2D eigenvalue weighted by atomic mass is 10.1. The summed E-state index contributed by atoms with van der Waals surface area (Å²) in [6.07, 6.45) is 4.98. The summed E-state index contributed by atoms with van der Waals surface area (Å²) >= 11 is 0. The van der Waals surface area contributed by atoms with Crippen LogP contribution in [0.1, 0.15) is 18.5 Å². The van der Waals surface area contributed by atoms with Crippen molar-refractivity contribution in [3.63, 3.8) is 0 Å². The third kappa shape index (κ3) is 4.28. The van der Waals surface area contributed by atoms with Crippen molar-refractivity contribution in [1.29, 1.82) is 0 Å². The average molecular weight is 300 g/mol. The van der Waals surface area contributed by atoms with Crippen LogP contribution in [-0.2, 0) is 6.42 Å². The van der Waals surface area contributed by atoms with Crippen LogP contribution in [0.2, 0.25) is 0 Å². The zero-order valence-electron chi connectivity index (χ0n) is 12.6. The summed E-state index contributed by atoms with van der Waals surface area (Å²) in [5, 5.41) is 0. The van der Waals surface area contributed by atoms with Gasteiger partial charge in [-0.1, -0.05) is 12.1 Å². The van der Waals surface area contributed by atoms with Gasteiger partial charge in [-0.15, -0.1) is 0 Å². The van der Waals surface area contributed by atoms with Gasteiger partial charge in [-0.25, -0.2) is 4.39 Å². The number of aromatic nitrogens is 1. The minimum Gasteiger partial charge on any atom is -0.490 e. The zero-order valence-corrected chi connectivity index (χ0v) is 12.6. The molecule has 3 rings (SSSR count). The molecule has 1 aromatic carbocycles. The summed E-state index contributed by atoms with van der Waals surface area (Å²) in [7, 11) is 0. The maximum absolute atomic E-state index is 13.2. The summed E-state index contributed by atoms with van der Waals surface area (Å²) in [5.74, 6) is 0.386. The van der Waals surface area contributed by atoms with Gasteiger partial charge >= 0.3 is 0 Å². The lowest BCUT2D eigenvalue weighted by Gasteiger charge is -2.32. The van der Waals surface area contributed by atoms with E-state index in [0.717, 1.165) is 44.6 Å². The van der Waals surface area contributed by atoms with Crippen molar-refractivity contribution in [2.75, 3.05) is 19.6 Å². The molecule has 0 atom stereocenters. The molecule has 0 spiro atoms. The largest absolute Gasteiger partial charge is 0.490 e. The summed E-state index contributed by atoms with van der Waals surface area (Å²) in [5.41, 5.74) is 1.14. The highest BCUT2D eigenvalue weighted by Gasteiger charge is 2.20. The van der Waals surface area contributed by atoms with E-state index < -0.39 is 0 Å². The molecule has 1 aliphatic heterocycles. The maximum atomic E-state index is 13.2. The molecule has 0 radical (unpaired) electrons. The quantitative estimate of drug-likeness (QED) is 0.847. The molecule has 0 saturated carbocycles. The van der Waals surface area contributed by atoms with Crippen molar-refractivity contribution in [2.24, 2.45) is 0 Å². The van der Waals surface area contributed by atoms with E-state index in [-0.39, 0.29) is 11.9 Å². The summed E-state index contributed by atoms with van der Waals surface area (Å²) in [6, 6.07) is 12.4. The highest BCUT2D eigenvalue weighted by Crippen LogP contribution is 2.19. The van der Waals surface area contributed by atoms with Gasteiger partial charge in [0.15, 0.2) is 0 Å². The Morgan fingerprint density at radius 3 is 2.73 bits per heavy atom. The first-order valence-electron chi connectivity index (χ1n) is 7.84. The van der Waals surface area contributed by atoms with E-state index >= 15 is 0 Å². The molecule has 1 aliphatic rings. The third-order valence-corrected chi connectivity index (χ3v) is 4.04. The van der Waals surface area contributed by atoms with E-state index in [1.54, 1.807) is 6.07 Å². The van der Waals surface area contributed by atoms with Crippen LogP contribution < -0.4 is 4.74 Å². The van der Waals surface area contributed by atoms with Crippen LogP contribution in [0.5, 0.6) is 5.75 Å². The van der Waals surface area contributed by atoms with Crippen molar-refractivity contribution in [1.82, 2.24) is 9.88 Å². The van der Waals surface area contributed by atoms with Crippen LogP contribution >= 0.6 is 0 Å². The molecule has 1 aromatic heterocycles. The summed E-state index contributed by atoms with van der Waals surface area (Å²) in [6.45, 7) is 3.07. The number of halogens is 1. The fourth-order valence-corrected chi connectivity index (χ4v) is 2.80. The van der Waals surface area contributed by atoms with Gasteiger partial charge in [0.1, 0.15) is 17.7 Å². The Hall–Kier alpha value is -1.94. The molecule has 0 aliphatic carbocycles. The predicted molar refractivity (Wildman–Crippen MR) is 84.4 cm³/mol. The zero-order chi connectivity index (χ0) is 15.2. The van der Waals surface area contributed by atoms with Crippen LogP contribution in [-0.4, -0.2) is 35.6 Å². The number of benzene rings is 1. The number of hydrogen-bond acceptors (Lipinski definition) is 3. The highest BCUT2D eigenvalue weighted by molar-refractivity contribution is 5.22. The molecule has 2 aromatic rings. The van der Waals surface area contributed by atoms with E-state index in [2.05, 4.69) is 16.0 Å². The molecule has 1 fully saturated rings. The molecule has 4 heteroatoms. The van der Waals surface area contributed by atoms with E-state index in [4.69, 9.17) is 4.74 Å². The van der Waals surface area contributed by atoms with Crippen molar-refractivity contribution in [3.8, 4) is 5.75 Å². The second-order valence-corrected chi connectivity index (χ2v) is 5.69. The van der Waals surface area contributed by atoms with Crippen LogP contribution in [0, 0.1) is 5.82 Å². The van der Waals surface area contributed by atoms with Crippen molar-refractivity contribution < 1.29 is 9.13 Å². The highest BCUT2D eigenvalue weighted by atomic mass is 19.1. The van der Waals surface area contributed by atoms with Gasteiger partial charge in [-0.3, -0.25) is 4.98 Å². The van der Waals surface area contributed by atoms with Gasteiger partial charge < -0.3 is 9.64 Å². The van der Waals surface area contributed by atoms with E-state index in [0.29, 0.717) is 5.75 Å². The van der Waals surface area contributed by atoms with Crippen LogP contribution in [0.15, 0.2) is 48.7 Å². The van der Waals surface area contributed by atoms with E-state index in [1.807, 2.05) is 24.4 Å². The van der Waals surface area contributed by atoms with Crippen LogP contribution in [0.25, 0.3) is 0 Å². The predicted octanol–water partition coefficient (Wildman–Crippen LogP) is 3.31. The minimum absolute atomic E-state index is 0.188. The lowest BCUT2D eigenvalue weighted by Crippen LogP contribution is -2.39. The van der Waals surface area contributed by atoms with Crippen molar-refractivity contribution >= 4 is 0 Å². The summed E-state index contributed by atoms with van der Waals surface area (Å²) < 4.78 is 19.0. The molecule has 0 unspecified atom stereocenters. The van der Waals surface area contributed by atoms with Gasteiger partial charge in [0.2, 0.25) is 0 Å². The fourth-order valence-electron chi connectivity index (χ4n) is 2.80. The molecule has 3 nitrogen and oxygen atoms in total. The van der Waals surface area contributed by atoms with Gasteiger partial charge in [0.25, 0.3) is 0 Å². The molecular formula is C18H21FN2O. The molecule has 0 bridgehead atoms. The van der Waals surface area contributed by atoms with Gasteiger partial charge in [-0.05, 0) is 37.1 Å². The standard InChI is InChI=1S/C18H21FN2O/c19-15-4-3-6-18(14-15)22-17-8-12-21(13-9-17)11-7-16-5-1-2-10-20-16/h1-6,10,14,17H,7-9,11-13H2. The topological polar surface area (TPSA) is 25.4 Å². The Kier molecular flexibility index (Phi) is 5.01. The first-order valence-corrected chi connectivity index (χ1v) is 7.84. The molecule has 22 heavy (non-hydrogen) atoms. The first kappa shape index (κ1) is 15.0. The van der Waals surface area contributed by atoms with Crippen LogP contribution in [0.3, 0.4) is 0 Å². The molecule has 0 amide bonds. The maximum Gasteiger partial charge on any atom is 0.126 e. The van der Waals surface area contributed by atoms with Crippen molar-refractivity contribution in [3.05, 3.63) is 60.2 Å². The second kappa shape index (κ2) is 7.36. The van der Waals surface area contributed by atoms with E-state index in [9.17, 15) is 4.39 Å². The van der Waals surface area contributed by atoms with Gasteiger partial charge in [-0.2, -0.15) is 0 Å². The average Bonchev–Trinajstić information content (AvgIpc) is 2.55. The molecule has 116 valence electrons. The monoisotopic (exact) mass is 300 g/mol. The third-order valence-electron chi connectivity index (χ3n) is 4.04. The number of nitrogens with zero attached hydrogens (tertiary/aromatic N) is 2. The summed E-state index contributed by atoms with van der Waals surface area (Å²) in [4.78, 5) is 6.80. The van der Waals surface area contributed by atoms with E-state index in [1.165, 1.54) is 12.1 Å². The number of hydrogen-bond donors (Lipinski definition) is 0. The van der Waals surface area contributed by atoms with Gasteiger partial charge in [0, 0.05) is 44.0 Å². The Morgan fingerprint density at radius 2 is 2.00 bits per heavy atom. The molecule has 2 heterocycles. The minimum atomic E-state index is -0.245. The second-order valence-electron chi connectivity index (χ2n) is 5.69. The number of likely N-dealkylation sites (tertiary alicyclic amines) is 1. The Morgan fingerprint density at radius 1 is 1.14 bits per heavy atom. The van der Waals surface area contributed by atoms with Crippen LogP contribution in [0.4, 0.5) is 4.39 Å². The smallest absolute Gasteiger partial charge is 0.126 e. The first-order chi connectivity index (χ1) is 10.8. The number of piperidine rings is 1. The van der Waals surface area contributed by atoms with Gasteiger partial charge in [0.05, 0.1) is 0 Å². The molecular weight excluding hydrogens is 279 g/mol.